The smallest absolute Gasteiger partial charge is 0.250 e. The Labute approximate surface area is 270 Å². The van der Waals surface area contributed by atoms with Crippen LogP contribution in [0, 0.1) is 37.7 Å². The van der Waals surface area contributed by atoms with Gasteiger partial charge in [0.25, 0.3) is 0 Å². The Morgan fingerprint density at radius 3 is 1.41 bits per heavy atom. The van der Waals surface area contributed by atoms with Gasteiger partial charge in [0, 0.05) is 11.1 Å². The number of terminal acetylenes is 1. The van der Waals surface area contributed by atoms with Gasteiger partial charge in [-0.3, -0.25) is 0 Å². The summed E-state index contributed by atoms with van der Waals surface area (Å²) >= 11 is 0. The minimum Gasteiger partial charge on any atom is -0.543 e. The standard InChI is InChI=1S/C39H52O2Si3/c1-17-28-24-30-25-29(22-23-42(10,11)12)32-19-21-34(41-44(15,16)39(7,8)9)27(3)36(32)37(30)35-26(2)33(20-18-31(28)35)40-43(13,14)38(4,5)6/h1,18-21,24-25H,2-16H3. The first-order valence-electron chi connectivity index (χ1n) is 15.8. The number of hydrogen-bond donors (Lipinski definition) is 0. The van der Waals surface area contributed by atoms with E-state index < -0.39 is 24.7 Å². The van der Waals surface area contributed by atoms with Crippen LogP contribution in [0.3, 0.4) is 0 Å². The molecule has 0 radical (unpaired) electrons. The summed E-state index contributed by atoms with van der Waals surface area (Å²) in [5.74, 6) is 8.51. The fraction of sp³-hybridized carbons (Fsp3) is 0.436. The fourth-order valence-electron chi connectivity index (χ4n) is 5.10. The molecule has 0 aliphatic rings. The largest absolute Gasteiger partial charge is 0.543 e. The number of hydrogen-bond acceptors (Lipinski definition) is 2. The summed E-state index contributed by atoms with van der Waals surface area (Å²) in [6.07, 6.45) is 6.17. The van der Waals surface area contributed by atoms with Crippen molar-refractivity contribution in [3.8, 4) is 35.3 Å². The van der Waals surface area contributed by atoms with E-state index in [1.165, 1.54) is 10.8 Å². The second kappa shape index (κ2) is 11.1. The highest BCUT2D eigenvalue weighted by molar-refractivity contribution is 6.84. The number of aryl methyl sites for hydroxylation is 2. The van der Waals surface area contributed by atoms with Gasteiger partial charge in [-0.15, -0.1) is 12.0 Å². The summed E-state index contributed by atoms with van der Waals surface area (Å²) in [5, 5.41) is 7.07. The van der Waals surface area contributed by atoms with E-state index >= 15 is 0 Å². The van der Waals surface area contributed by atoms with Crippen LogP contribution in [-0.2, 0) is 0 Å². The molecule has 0 amide bonds. The predicted molar refractivity (Wildman–Crippen MR) is 202 cm³/mol. The average molecular weight is 637 g/mol. The lowest BCUT2D eigenvalue weighted by molar-refractivity contribution is 0.490. The molecule has 2 nitrogen and oxygen atoms in total. The molecule has 0 saturated heterocycles. The lowest BCUT2D eigenvalue weighted by Crippen LogP contribution is -2.44. The van der Waals surface area contributed by atoms with Crippen molar-refractivity contribution in [2.45, 2.75) is 111 Å². The lowest BCUT2D eigenvalue weighted by atomic mass is 9.87. The van der Waals surface area contributed by atoms with E-state index in [0.717, 1.165) is 55.3 Å². The summed E-state index contributed by atoms with van der Waals surface area (Å²) in [4.78, 5) is 0. The molecule has 4 aromatic carbocycles. The summed E-state index contributed by atoms with van der Waals surface area (Å²) in [7, 11) is -5.78. The van der Waals surface area contributed by atoms with E-state index in [4.69, 9.17) is 15.3 Å². The van der Waals surface area contributed by atoms with Gasteiger partial charge in [0.1, 0.15) is 19.6 Å². The van der Waals surface area contributed by atoms with Crippen molar-refractivity contribution in [3.05, 3.63) is 58.7 Å². The molecule has 0 fully saturated rings. The molecule has 0 aromatic heterocycles. The van der Waals surface area contributed by atoms with Crippen LogP contribution in [0.25, 0.3) is 32.3 Å². The molecular formula is C39H52O2Si3. The minimum absolute atomic E-state index is 0.0837. The molecule has 44 heavy (non-hydrogen) atoms. The molecule has 0 aliphatic carbocycles. The zero-order valence-electron chi connectivity index (χ0n) is 29.9. The lowest BCUT2D eigenvalue weighted by Gasteiger charge is -2.37. The van der Waals surface area contributed by atoms with Gasteiger partial charge in [-0.25, -0.2) is 0 Å². The highest BCUT2D eigenvalue weighted by atomic mass is 28.4. The van der Waals surface area contributed by atoms with Gasteiger partial charge < -0.3 is 8.85 Å². The second-order valence-electron chi connectivity index (χ2n) is 16.5. The third-order valence-corrected chi connectivity index (χ3v) is 19.4. The molecule has 0 saturated carbocycles. The van der Waals surface area contributed by atoms with Gasteiger partial charge >= 0.3 is 0 Å². The van der Waals surface area contributed by atoms with Crippen molar-refractivity contribution in [1.82, 2.24) is 0 Å². The molecule has 0 bridgehead atoms. The Hall–Kier alpha value is -2.97. The summed E-state index contributed by atoms with van der Waals surface area (Å²) in [6.45, 7) is 34.2. The summed E-state index contributed by atoms with van der Waals surface area (Å²) in [5.41, 5.74) is 7.84. The van der Waals surface area contributed by atoms with Crippen LogP contribution in [0.1, 0.15) is 63.8 Å². The first kappa shape index (κ1) is 33.9. The van der Waals surface area contributed by atoms with E-state index in [1.54, 1.807) is 0 Å². The average Bonchev–Trinajstić information content (AvgIpc) is 2.87. The predicted octanol–water partition coefficient (Wildman–Crippen LogP) is 11.7. The van der Waals surface area contributed by atoms with Crippen LogP contribution in [0.15, 0.2) is 36.4 Å². The summed E-state index contributed by atoms with van der Waals surface area (Å²) in [6, 6.07) is 13.1. The topological polar surface area (TPSA) is 18.5 Å². The SMILES string of the molecule is C#Cc1cc2cc(C#C[Si](C)(C)C)c3ccc(O[Si](C)(C)C(C)(C)C)c(C)c3c2c2c(C)c(O[Si](C)(C)C(C)(C)C)ccc12. The Balaban J connectivity index is 2.22. The van der Waals surface area contributed by atoms with Crippen LogP contribution in [-0.4, -0.2) is 24.7 Å². The van der Waals surface area contributed by atoms with E-state index in [2.05, 4.69) is 155 Å². The van der Waals surface area contributed by atoms with Gasteiger partial charge in [-0.05, 0) is 130 Å². The van der Waals surface area contributed by atoms with Gasteiger partial charge in [-0.1, -0.05) is 73.0 Å². The van der Waals surface area contributed by atoms with Gasteiger partial charge in [0.15, 0.2) is 0 Å². The van der Waals surface area contributed by atoms with Crippen LogP contribution < -0.4 is 8.85 Å². The minimum atomic E-state index is -2.08. The highest BCUT2D eigenvalue weighted by Gasteiger charge is 2.40. The Morgan fingerprint density at radius 1 is 0.614 bits per heavy atom. The number of benzene rings is 4. The molecular weight excluding hydrogens is 585 g/mol. The first-order chi connectivity index (χ1) is 20.0. The molecule has 5 heteroatoms. The fourth-order valence-corrected chi connectivity index (χ4v) is 7.76. The van der Waals surface area contributed by atoms with E-state index in [-0.39, 0.29) is 10.1 Å². The molecule has 4 rings (SSSR count). The molecule has 0 aliphatic heterocycles. The molecule has 0 spiro atoms. The third kappa shape index (κ3) is 6.25. The van der Waals surface area contributed by atoms with Crippen LogP contribution in [0.5, 0.6) is 11.5 Å². The molecule has 232 valence electrons. The molecule has 0 unspecified atom stereocenters. The Kier molecular flexibility index (Phi) is 8.58. The normalized spacial score (nSPS) is 13.1. The molecule has 0 N–H and O–H groups in total. The first-order valence-corrected chi connectivity index (χ1v) is 25.1. The van der Waals surface area contributed by atoms with Crippen molar-refractivity contribution in [2.24, 2.45) is 0 Å². The van der Waals surface area contributed by atoms with Crippen molar-refractivity contribution < 1.29 is 8.85 Å². The van der Waals surface area contributed by atoms with Crippen molar-refractivity contribution in [3.63, 3.8) is 0 Å². The quantitative estimate of drug-likeness (QED) is 0.126. The van der Waals surface area contributed by atoms with E-state index in [0.29, 0.717) is 0 Å². The summed E-state index contributed by atoms with van der Waals surface area (Å²) < 4.78 is 13.9. The van der Waals surface area contributed by atoms with Crippen molar-refractivity contribution in [2.75, 3.05) is 0 Å². The molecule has 4 aromatic rings. The van der Waals surface area contributed by atoms with Gasteiger partial charge in [0.05, 0.1) is 0 Å². The zero-order chi connectivity index (χ0) is 33.2. The van der Waals surface area contributed by atoms with Gasteiger partial charge in [0.2, 0.25) is 16.6 Å². The van der Waals surface area contributed by atoms with Gasteiger partial charge in [-0.2, -0.15) is 0 Å². The monoisotopic (exact) mass is 636 g/mol. The van der Waals surface area contributed by atoms with E-state index in [1.807, 2.05) is 0 Å². The van der Waals surface area contributed by atoms with Crippen LogP contribution >= 0.6 is 0 Å². The second-order valence-corrected chi connectivity index (χ2v) is 30.7. The molecule has 0 atom stereocenters. The molecule has 0 heterocycles. The highest BCUT2D eigenvalue weighted by Crippen LogP contribution is 2.46. The van der Waals surface area contributed by atoms with Crippen LogP contribution in [0.4, 0.5) is 0 Å². The maximum absolute atomic E-state index is 6.98. The third-order valence-electron chi connectivity index (χ3n) is 9.87. The number of rotatable bonds is 4. The van der Waals surface area contributed by atoms with Crippen molar-refractivity contribution >= 4 is 57.0 Å². The zero-order valence-corrected chi connectivity index (χ0v) is 32.9. The van der Waals surface area contributed by atoms with E-state index in [9.17, 15) is 0 Å². The Morgan fingerprint density at radius 2 is 1.02 bits per heavy atom. The maximum Gasteiger partial charge on any atom is 0.250 e. The number of fused-ring (bicyclic) bond motifs is 5. The Bertz CT molecular complexity index is 1890. The van der Waals surface area contributed by atoms with Crippen LogP contribution in [0.2, 0.25) is 55.9 Å². The maximum atomic E-state index is 6.98. The van der Waals surface area contributed by atoms with Crippen molar-refractivity contribution in [1.29, 1.82) is 0 Å².